The average molecular weight is 386 g/mol. The molecule has 0 bridgehead atoms. The molecule has 7 nitrogen and oxygen atoms in total. The Morgan fingerprint density at radius 1 is 0.929 bits per heavy atom. The Bertz CT molecular complexity index is 854. The number of aliphatic hydroxyl groups is 1. The summed E-state index contributed by atoms with van der Waals surface area (Å²) in [4.78, 5) is 4.68. The van der Waals surface area contributed by atoms with E-state index in [9.17, 15) is 0 Å². The Balaban J connectivity index is 1.98. The lowest BCUT2D eigenvalue weighted by molar-refractivity contribution is 0.286. The number of amidine groups is 1. The Hall–Kier alpha value is -2.93. The topological polar surface area (TPSA) is 81.5 Å². The van der Waals surface area contributed by atoms with Crippen LogP contribution in [0.2, 0.25) is 0 Å². The molecule has 150 valence electrons. The summed E-state index contributed by atoms with van der Waals surface area (Å²) in [6.07, 6.45) is 1.30. The molecule has 0 aromatic heterocycles. The van der Waals surface area contributed by atoms with Crippen molar-refractivity contribution in [1.82, 2.24) is 0 Å². The van der Waals surface area contributed by atoms with Crippen LogP contribution in [0.1, 0.15) is 23.1 Å². The molecule has 2 aromatic carbocycles. The second kappa shape index (κ2) is 8.84. The normalized spacial score (nSPS) is 12.5. The van der Waals surface area contributed by atoms with Gasteiger partial charge in [0.05, 0.1) is 40.7 Å². The second-order valence-corrected chi connectivity index (χ2v) is 6.33. The number of ether oxygens (including phenoxy) is 4. The van der Waals surface area contributed by atoms with Crippen molar-refractivity contribution < 1.29 is 24.1 Å². The monoisotopic (exact) mass is 386 g/mol. The number of nitrogens with zero attached hydrogens (tertiary/aromatic N) is 1. The number of benzene rings is 2. The van der Waals surface area contributed by atoms with Crippen LogP contribution >= 0.6 is 0 Å². The summed E-state index contributed by atoms with van der Waals surface area (Å²) in [7, 11) is 6.51. The highest BCUT2D eigenvalue weighted by molar-refractivity contribution is 6.10. The fourth-order valence-electron chi connectivity index (χ4n) is 3.31. The molecule has 0 atom stereocenters. The van der Waals surface area contributed by atoms with Crippen molar-refractivity contribution in [1.29, 1.82) is 0 Å². The molecule has 2 N–H and O–H groups in total. The van der Waals surface area contributed by atoms with Crippen molar-refractivity contribution >= 4 is 11.5 Å². The Morgan fingerprint density at radius 2 is 1.61 bits per heavy atom. The first kappa shape index (κ1) is 19.8. The molecule has 0 aliphatic carbocycles. The molecular weight excluding hydrogens is 360 g/mol. The van der Waals surface area contributed by atoms with Crippen LogP contribution in [0.4, 0.5) is 5.69 Å². The summed E-state index contributed by atoms with van der Waals surface area (Å²) in [5, 5.41) is 12.5. The summed E-state index contributed by atoms with van der Waals surface area (Å²) in [6.45, 7) is 0.602. The van der Waals surface area contributed by atoms with E-state index in [0.29, 0.717) is 42.5 Å². The SMILES string of the molecule is COc1cc2c(c(OC)c1)CN=C(c1cc(OC)c(CCCO)c(OC)c1)N2. The zero-order valence-electron chi connectivity index (χ0n) is 16.7. The van der Waals surface area contributed by atoms with Crippen LogP contribution in [0.25, 0.3) is 0 Å². The molecule has 0 radical (unpaired) electrons. The molecule has 2 aromatic rings. The minimum atomic E-state index is 0.114. The molecule has 0 unspecified atom stereocenters. The van der Waals surface area contributed by atoms with E-state index in [1.807, 2.05) is 24.3 Å². The molecule has 0 fully saturated rings. The number of nitrogens with one attached hydrogen (secondary N) is 1. The maximum absolute atomic E-state index is 9.16. The number of hydrogen-bond acceptors (Lipinski definition) is 7. The van der Waals surface area contributed by atoms with Crippen LogP contribution in [0.5, 0.6) is 23.0 Å². The fraction of sp³-hybridized carbons (Fsp3) is 0.381. The maximum Gasteiger partial charge on any atom is 0.133 e. The molecule has 0 saturated carbocycles. The minimum Gasteiger partial charge on any atom is -0.497 e. The maximum atomic E-state index is 9.16. The number of aliphatic hydroxyl groups excluding tert-OH is 1. The van der Waals surface area contributed by atoms with E-state index in [2.05, 4.69) is 10.3 Å². The second-order valence-electron chi connectivity index (χ2n) is 6.33. The summed E-state index contributed by atoms with van der Waals surface area (Å²) in [5.74, 6) is 3.58. The first-order chi connectivity index (χ1) is 13.6. The van der Waals surface area contributed by atoms with Gasteiger partial charge in [0.15, 0.2) is 0 Å². The van der Waals surface area contributed by atoms with Gasteiger partial charge in [-0.3, -0.25) is 4.99 Å². The van der Waals surface area contributed by atoms with E-state index in [1.165, 1.54) is 0 Å². The van der Waals surface area contributed by atoms with Gasteiger partial charge in [0.2, 0.25) is 0 Å². The number of aliphatic imine (C=N–C) groups is 1. The van der Waals surface area contributed by atoms with Gasteiger partial charge in [0.25, 0.3) is 0 Å². The van der Waals surface area contributed by atoms with Gasteiger partial charge in [-0.25, -0.2) is 0 Å². The number of hydrogen-bond donors (Lipinski definition) is 2. The van der Waals surface area contributed by atoms with E-state index in [1.54, 1.807) is 28.4 Å². The van der Waals surface area contributed by atoms with Gasteiger partial charge < -0.3 is 29.4 Å². The molecule has 3 rings (SSSR count). The highest BCUT2D eigenvalue weighted by Crippen LogP contribution is 2.37. The van der Waals surface area contributed by atoms with Gasteiger partial charge in [0.1, 0.15) is 28.8 Å². The smallest absolute Gasteiger partial charge is 0.133 e. The summed E-state index contributed by atoms with van der Waals surface area (Å²) >= 11 is 0. The van der Waals surface area contributed by atoms with E-state index in [-0.39, 0.29) is 6.61 Å². The van der Waals surface area contributed by atoms with Crippen LogP contribution in [-0.4, -0.2) is 46.0 Å². The van der Waals surface area contributed by atoms with Crippen LogP contribution < -0.4 is 24.3 Å². The molecule has 1 aliphatic rings. The molecule has 28 heavy (non-hydrogen) atoms. The van der Waals surface area contributed by atoms with Gasteiger partial charge in [-0.2, -0.15) is 0 Å². The standard InChI is InChI=1S/C21H26N2O5/c1-25-14-10-17-16(20(11-14)28-4)12-22-21(23-17)13-8-18(26-2)15(6-5-7-24)19(9-13)27-3/h8-11,24H,5-7,12H2,1-4H3,(H,22,23). The van der Waals surface area contributed by atoms with Crippen molar-refractivity contribution in [2.45, 2.75) is 19.4 Å². The predicted octanol–water partition coefficient (Wildman–Crippen LogP) is 3.02. The van der Waals surface area contributed by atoms with Crippen LogP contribution in [0, 0.1) is 0 Å². The number of anilines is 1. The molecular formula is C21H26N2O5. The summed E-state index contributed by atoms with van der Waals surface area (Å²) in [5.41, 5.74) is 3.66. The average Bonchev–Trinajstić information content (AvgIpc) is 2.75. The third kappa shape index (κ3) is 3.84. The van der Waals surface area contributed by atoms with Crippen molar-refractivity contribution in [3.8, 4) is 23.0 Å². The minimum absolute atomic E-state index is 0.114. The molecule has 1 aliphatic heterocycles. The van der Waals surface area contributed by atoms with Crippen molar-refractivity contribution in [2.75, 3.05) is 40.4 Å². The fourth-order valence-corrected chi connectivity index (χ4v) is 3.31. The van der Waals surface area contributed by atoms with Crippen LogP contribution in [-0.2, 0) is 13.0 Å². The Kier molecular flexibility index (Phi) is 6.26. The number of rotatable bonds is 8. The zero-order chi connectivity index (χ0) is 20.1. The molecule has 0 amide bonds. The first-order valence-corrected chi connectivity index (χ1v) is 9.07. The lowest BCUT2D eigenvalue weighted by Crippen LogP contribution is -2.20. The van der Waals surface area contributed by atoms with Crippen LogP contribution in [0.3, 0.4) is 0 Å². The highest BCUT2D eigenvalue weighted by atomic mass is 16.5. The summed E-state index contributed by atoms with van der Waals surface area (Å²) < 4.78 is 22.0. The van der Waals surface area contributed by atoms with E-state index in [4.69, 9.17) is 24.1 Å². The van der Waals surface area contributed by atoms with Crippen molar-refractivity contribution in [2.24, 2.45) is 4.99 Å². The van der Waals surface area contributed by atoms with E-state index < -0.39 is 0 Å². The lowest BCUT2D eigenvalue weighted by Gasteiger charge is -2.23. The Labute approximate surface area is 164 Å². The quantitative estimate of drug-likeness (QED) is 0.726. The molecule has 0 saturated heterocycles. The third-order valence-corrected chi connectivity index (χ3v) is 4.75. The van der Waals surface area contributed by atoms with E-state index in [0.717, 1.165) is 28.1 Å². The third-order valence-electron chi connectivity index (χ3n) is 4.75. The number of methoxy groups -OCH3 is 4. The van der Waals surface area contributed by atoms with Gasteiger partial charge in [-0.15, -0.1) is 0 Å². The van der Waals surface area contributed by atoms with Gasteiger partial charge in [-0.1, -0.05) is 0 Å². The predicted molar refractivity (Wildman–Crippen MR) is 108 cm³/mol. The first-order valence-electron chi connectivity index (χ1n) is 9.07. The summed E-state index contributed by atoms with van der Waals surface area (Å²) in [6, 6.07) is 7.65. The Morgan fingerprint density at radius 3 is 2.18 bits per heavy atom. The zero-order valence-corrected chi connectivity index (χ0v) is 16.7. The van der Waals surface area contributed by atoms with E-state index >= 15 is 0 Å². The van der Waals surface area contributed by atoms with Gasteiger partial charge in [-0.05, 0) is 25.0 Å². The molecule has 0 spiro atoms. The van der Waals surface area contributed by atoms with Crippen LogP contribution in [0.15, 0.2) is 29.3 Å². The molecule has 1 heterocycles. The lowest BCUT2D eigenvalue weighted by atomic mass is 10.0. The molecule has 7 heteroatoms. The van der Waals surface area contributed by atoms with Crippen molar-refractivity contribution in [3.63, 3.8) is 0 Å². The number of fused-ring (bicyclic) bond motifs is 1. The van der Waals surface area contributed by atoms with Gasteiger partial charge >= 0.3 is 0 Å². The van der Waals surface area contributed by atoms with Gasteiger partial charge in [0, 0.05) is 35.4 Å². The van der Waals surface area contributed by atoms with Crippen molar-refractivity contribution in [3.05, 3.63) is 41.0 Å². The highest BCUT2D eigenvalue weighted by Gasteiger charge is 2.21. The largest absolute Gasteiger partial charge is 0.497 e.